The lowest BCUT2D eigenvalue weighted by Gasteiger charge is -2.29. The lowest BCUT2D eigenvalue weighted by molar-refractivity contribution is -0.130. The Morgan fingerprint density at radius 2 is 1.70 bits per heavy atom. The molecule has 6 heteroatoms. The van der Waals surface area contributed by atoms with Crippen molar-refractivity contribution in [3.63, 3.8) is 0 Å². The number of nitrogens with zero attached hydrogens (tertiary/aromatic N) is 2. The summed E-state index contributed by atoms with van der Waals surface area (Å²) in [5.74, 6) is 1.40. The highest BCUT2D eigenvalue weighted by Gasteiger charge is 2.19. The molecule has 196 valence electrons. The molecule has 1 aliphatic rings. The smallest absolute Gasteiger partial charge is 0.227 e. The fraction of sp³-hybridized carbons (Fsp3) is 0.387. The van der Waals surface area contributed by atoms with Crippen molar-refractivity contribution in [3.8, 4) is 11.5 Å². The summed E-state index contributed by atoms with van der Waals surface area (Å²) in [6.07, 6.45) is 3.08. The van der Waals surface area contributed by atoms with E-state index in [1.54, 1.807) is 12.1 Å². The third kappa shape index (κ3) is 8.05. The average Bonchev–Trinajstić information content (AvgIpc) is 2.92. The normalized spacial score (nSPS) is 15.5. The zero-order valence-corrected chi connectivity index (χ0v) is 21.7. The minimum Gasteiger partial charge on any atom is -0.490 e. The van der Waals surface area contributed by atoms with E-state index in [2.05, 4.69) is 35.2 Å². The molecule has 1 aliphatic heterocycles. The number of ether oxygens (including phenoxy) is 2. The summed E-state index contributed by atoms with van der Waals surface area (Å²) < 4.78 is 25.5. The van der Waals surface area contributed by atoms with Crippen LogP contribution in [-0.4, -0.2) is 48.6 Å². The number of rotatable bonds is 6. The fourth-order valence-corrected chi connectivity index (χ4v) is 4.68. The summed E-state index contributed by atoms with van der Waals surface area (Å²) in [7, 11) is 0. The van der Waals surface area contributed by atoms with Gasteiger partial charge in [-0.1, -0.05) is 54.6 Å². The van der Waals surface area contributed by atoms with Crippen LogP contribution in [0.4, 0.5) is 4.39 Å². The van der Waals surface area contributed by atoms with Crippen LogP contribution in [-0.2, 0) is 24.3 Å². The van der Waals surface area contributed by atoms with Gasteiger partial charge >= 0.3 is 0 Å². The van der Waals surface area contributed by atoms with Gasteiger partial charge in [-0.05, 0) is 55.5 Å². The third-order valence-corrected chi connectivity index (χ3v) is 6.63. The molecule has 0 bridgehead atoms. The fourth-order valence-electron chi connectivity index (χ4n) is 4.68. The largest absolute Gasteiger partial charge is 0.490 e. The van der Waals surface area contributed by atoms with Gasteiger partial charge in [0.25, 0.3) is 0 Å². The first-order valence-corrected chi connectivity index (χ1v) is 13.3. The van der Waals surface area contributed by atoms with E-state index in [0.29, 0.717) is 32.8 Å². The summed E-state index contributed by atoms with van der Waals surface area (Å²) in [5.41, 5.74) is 3.14. The Balaban J connectivity index is 1.56. The zero-order valence-electron chi connectivity index (χ0n) is 21.7. The van der Waals surface area contributed by atoms with Gasteiger partial charge in [-0.25, -0.2) is 4.39 Å². The number of carbonyl (C=O) groups is 1. The number of carbonyl (C=O) groups excluding carboxylic acids is 1. The van der Waals surface area contributed by atoms with Crippen LogP contribution in [0.5, 0.6) is 11.5 Å². The van der Waals surface area contributed by atoms with E-state index >= 15 is 0 Å². The number of hydrogen-bond acceptors (Lipinski definition) is 4. The minimum atomic E-state index is -0.287. The molecule has 0 aromatic heterocycles. The van der Waals surface area contributed by atoms with Crippen molar-refractivity contribution in [2.75, 3.05) is 32.8 Å². The molecule has 5 nitrogen and oxygen atoms in total. The number of hydrogen-bond donors (Lipinski definition) is 0. The molecule has 0 unspecified atom stereocenters. The predicted octanol–water partition coefficient (Wildman–Crippen LogP) is 5.86. The molecule has 4 rings (SSSR count). The second kappa shape index (κ2) is 13.8. The second-order valence-electron chi connectivity index (χ2n) is 9.47. The Kier molecular flexibility index (Phi) is 9.95. The van der Waals surface area contributed by atoms with Gasteiger partial charge in [-0.3, -0.25) is 9.69 Å². The lowest BCUT2D eigenvalue weighted by Crippen LogP contribution is -2.39. The van der Waals surface area contributed by atoms with Gasteiger partial charge in [0, 0.05) is 38.3 Å². The van der Waals surface area contributed by atoms with E-state index in [-0.39, 0.29) is 18.1 Å². The van der Waals surface area contributed by atoms with Crippen molar-refractivity contribution in [1.29, 1.82) is 0 Å². The van der Waals surface area contributed by atoms with E-state index < -0.39 is 0 Å². The molecule has 0 N–H and O–H groups in total. The highest BCUT2D eigenvalue weighted by Crippen LogP contribution is 2.33. The number of amides is 1. The van der Waals surface area contributed by atoms with E-state index in [1.807, 2.05) is 30.0 Å². The van der Waals surface area contributed by atoms with Crippen molar-refractivity contribution in [2.45, 2.75) is 45.7 Å². The van der Waals surface area contributed by atoms with Crippen molar-refractivity contribution in [1.82, 2.24) is 9.80 Å². The van der Waals surface area contributed by atoms with Gasteiger partial charge in [0.05, 0.1) is 19.6 Å². The highest BCUT2D eigenvalue weighted by atomic mass is 19.1. The second-order valence-corrected chi connectivity index (χ2v) is 9.47. The molecule has 0 atom stereocenters. The first-order chi connectivity index (χ1) is 18.1. The molecule has 3 aromatic rings. The predicted molar refractivity (Wildman–Crippen MR) is 144 cm³/mol. The topological polar surface area (TPSA) is 42.0 Å². The Hall–Kier alpha value is -3.38. The minimum absolute atomic E-state index is 0.0800. The molecule has 37 heavy (non-hydrogen) atoms. The van der Waals surface area contributed by atoms with Gasteiger partial charge in [0.15, 0.2) is 11.5 Å². The standard InChI is InChI=1S/C31H37FN2O3/c1-2-36-29-13-9-12-27-24-33(23-26-10-5-3-6-11-26)19-20-34(18-7-4-8-21-37-31(27)29)30(35)22-25-14-16-28(32)17-15-25/h3,5-6,9-17H,2,4,7-8,18-24H2,1H3. The molecular formula is C31H37FN2O3. The first-order valence-electron chi connectivity index (χ1n) is 13.3. The van der Waals surface area contributed by atoms with Gasteiger partial charge in [-0.2, -0.15) is 0 Å². The van der Waals surface area contributed by atoms with Gasteiger partial charge in [-0.15, -0.1) is 0 Å². The van der Waals surface area contributed by atoms with E-state index in [4.69, 9.17) is 9.47 Å². The van der Waals surface area contributed by atoms with Crippen LogP contribution in [0.25, 0.3) is 0 Å². The maximum Gasteiger partial charge on any atom is 0.227 e. The molecule has 0 saturated carbocycles. The van der Waals surface area contributed by atoms with Gasteiger partial charge < -0.3 is 14.4 Å². The maximum absolute atomic E-state index is 13.3. The van der Waals surface area contributed by atoms with Gasteiger partial charge in [0.1, 0.15) is 5.82 Å². The molecule has 0 spiro atoms. The SMILES string of the molecule is CCOc1cccc2c1OCCCCCN(C(=O)Cc1ccc(F)cc1)CCN(Cc1ccccc1)C2. The number of halogens is 1. The molecular weight excluding hydrogens is 467 g/mol. The average molecular weight is 505 g/mol. The number of fused-ring (bicyclic) bond motifs is 1. The number of benzene rings is 3. The van der Waals surface area contributed by atoms with Crippen LogP contribution in [0, 0.1) is 5.82 Å². The van der Waals surface area contributed by atoms with Crippen molar-refractivity contribution in [3.05, 3.63) is 95.3 Å². The lowest BCUT2D eigenvalue weighted by atomic mass is 10.1. The summed E-state index contributed by atoms with van der Waals surface area (Å²) >= 11 is 0. The van der Waals surface area contributed by atoms with Crippen LogP contribution in [0.2, 0.25) is 0 Å². The number of para-hydroxylation sites is 1. The molecule has 0 saturated heterocycles. The van der Waals surface area contributed by atoms with Crippen LogP contribution in [0.15, 0.2) is 72.8 Å². The van der Waals surface area contributed by atoms with E-state index in [0.717, 1.165) is 55.0 Å². The van der Waals surface area contributed by atoms with Crippen LogP contribution in [0.3, 0.4) is 0 Å². The Morgan fingerprint density at radius 1 is 0.892 bits per heavy atom. The Morgan fingerprint density at radius 3 is 2.49 bits per heavy atom. The Bertz CT molecular complexity index is 1120. The molecule has 0 fully saturated rings. The third-order valence-electron chi connectivity index (χ3n) is 6.63. The van der Waals surface area contributed by atoms with Crippen molar-refractivity contribution < 1.29 is 18.7 Å². The summed E-state index contributed by atoms with van der Waals surface area (Å²) in [4.78, 5) is 17.6. The van der Waals surface area contributed by atoms with Gasteiger partial charge in [0.2, 0.25) is 5.91 Å². The van der Waals surface area contributed by atoms with E-state index in [9.17, 15) is 9.18 Å². The molecule has 3 aromatic carbocycles. The summed E-state index contributed by atoms with van der Waals surface area (Å²) in [5, 5.41) is 0. The summed E-state index contributed by atoms with van der Waals surface area (Å²) in [6.45, 7) is 6.69. The van der Waals surface area contributed by atoms with E-state index in [1.165, 1.54) is 17.7 Å². The molecule has 0 aliphatic carbocycles. The van der Waals surface area contributed by atoms with Crippen LogP contribution < -0.4 is 9.47 Å². The van der Waals surface area contributed by atoms with Crippen molar-refractivity contribution in [2.24, 2.45) is 0 Å². The zero-order chi connectivity index (χ0) is 25.9. The molecule has 1 amide bonds. The Labute approximate surface area is 219 Å². The van der Waals surface area contributed by atoms with Crippen molar-refractivity contribution >= 4 is 5.91 Å². The quantitative estimate of drug-likeness (QED) is 0.422. The van der Waals surface area contributed by atoms with Crippen LogP contribution in [0.1, 0.15) is 42.9 Å². The molecule has 0 radical (unpaired) electrons. The maximum atomic E-state index is 13.3. The summed E-state index contributed by atoms with van der Waals surface area (Å²) in [6, 6.07) is 22.7. The molecule has 1 heterocycles. The first kappa shape index (κ1) is 26.7. The monoisotopic (exact) mass is 504 g/mol. The highest BCUT2D eigenvalue weighted by molar-refractivity contribution is 5.78. The van der Waals surface area contributed by atoms with Crippen LogP contribution >= 0.6 is 0 Å².